The van der Waals surface area contributed by atoms with Gasteiger partial charge < -0.3 is 14.0 Å². The van der Waals surface area contributed by atoms with Gasteiger partial charge in [0, 0.05) is 18.8 Å². The number of hydrogen-bond donors (Lipinski definition) is 0. The fourth-order valence-corrected chi connectivity index (χ4v) is 3.43. The van der Waals surface area contributed by atoms with Gasteiger partial charge in [-0.25, -0.2) is 9.37 Å². The molecule has 0 fully saturated rings. The van der Waals surface area contributed by atoms with Crippen molar-refractivity contribution in [1.82, 2.24) is 14.1 Å². The molecule has 0 saturated heterocycles. The van der Waals surface area contributed by atoms with Gasteiger partial charge in [0.1, 0.15) is 16.8 Å². The fraction of sp³-hybridized carbons (Fsp3) is 0.182. The molecule has 0 atom stereocenters. The van der Waals surface area contributed by atoms with E-state index in [9.17, 15) is 9.18 Å². The van der Waals surface area contributed by atoms with Gasteiger partial charge in [0.15, 0.2) is 11.6 Å². The normalized spacial score (nSPS) is 11.0. The van der Waals surface area contributed by atoms with Crippen molar-refractivity contribution >= 4 is 11.0 Å². The largest absolute Gasteiger partial charge is 0.497 e. The molecule has 0 unspecified atom stereocenters. The van der Waals surface area contributed by atoms with Crippen LogP contribution in [0.15, 0.2) is 59.8 Å². The Morgan fingerprint density at radius 1 is 1.10 bits per heavy atom. The number of rotatable bonds is 5. The van der Waals surface area contributed by atoms with Crippen LogP contribution in [0.25, 0.3) is 22.2 Å². The number of nitrogens with zero attached hydrogens (tertiary/aromatic N) is 3. The van der Waals surface area contributed by atoms with Gasteiger partial charge in [-0.2, -0.15) is 0 Å². The molecule has 7 heteroatoms. The van der Waals surface area contributed by atoms with E-state index in [1.807, 2.05) is 37.5 Å². The van der Waals surface area contributed by atoms with Gasteiger partial charge in [-0.1, -0.05) is 18.2 Å². The molecule has 0 N–H and O–H groups in total. The summed E-state index contributed by atoms with van der Waals surface area (Å²) >= 11 is 0. The standard InChI is InChI=1S/C22H20FN3O3/c1-25-12-17(15-5-4-6-16(10-15)28-2)20-21(25)22(27)26(13-24-20)11-14-7-8-19(29-3)18(23)9-14/h4-10,12-13H,11H2,1-3H3. The number of ether oxygens (including phenoxy) is 2. The molecule has 2 aromatic heterocycles. The van der Waals surface area contributed by atoms with Crippen molar-refractivity contribution in [2.45, 2.75) is 6.54 Å². The van der Waals surface area contributed by atoms with Crippen LogP contribution in [0.2, 0.25) is 0 Å². The Hall–Kier alpha value is -3.61. The predicted molar refractivity (Wildman–Crippen MR) is 109 cm³/mol. The molecule has 2 heterocycles. The van der Waals surface area contributed by atoms with Crippen LogP contribution < -0.4 is 15.0 Å². The van der Waals surface area contributed by atoms with Crippen molar-refractivity contribution in [3.63, 3.8) is 0 Å². The lowest BCUT2D eigenvalue weighted by atomic mass is 10.1. The molecule has 0 aliphatic heterocycles. The van der Waals surface area contributed by atoms with Crippen molar-refractivity contribution in [2.24, 2.45) is 7.05 Å². The van der Waals surface area contributed by atoms with Crippen molar-refractivity contribution in [1.29, 1.82) is 0 Å². The van der Waals surface area contributed by atoms with Gasteiger partial charge in [-0.05, 0) is 35.4 Å². The number of aromatic nitrogens is 3. The summed E-state index contributed by atoms with van der Waals surface area (Å²) < 4.78 is 27.5. The molecule has 148 valence electrons. The molecule has 0 amide bonds. The van der Waals surface area contributed by atoms with Crippen LogP contribution in [0, 0.1) is 5.82 Å². The summed E-state index contributed by atoms with van der Waals surface area (Å²) in [5.41, 5.74) is 3.32. The number of halogens is 1. The van der Waals surface area contributed by atoms with Gasteiger partial charge >= 0.3 is 0 Å². The Balaban J connectivity index is 1.78. The third-order valence-electron chi connectivity index (χ3n) is 4.89. The van der Waals surface area contributed by atoms with Crippen LogP contribution in [0.1, 0.15) is 5.56 Å². The molecule has 29 heavy (non-hydrogen) atoms. The Labute approximate surface area is 166 Å². The maximum absolute atomic E-state index is 14.0. The average molecular weight is 393 g/mol. The number of aryl methyl sites for hydroxylation is 1. The summed E-state index contributed by atoms with van der Waals surface area (Å²) in [5.74, 6) is 0.431. The first kappa shape index (κ1) is 18.7. The Kier molecular flexibility index (Phi) is 4.80. The van der Waals surface area contributed by atoms with Crippen molar-refractivity contribution in [3.8, 4) is 22.6 Å². The smallest absolute Gasteiger partial charge is 0.278 e. The van der Waals surface area contributed by atoms with Crippen molar-refractivity contribution in [2.75, 3.05) is 14.2 Å². The monoisotopic (exact) mass is 393 g/mol. The van der Waals surface area contributed by atoms with Gasteiger partial charge in [0.25, 0.3) is 5.56 Å². The highest BCUT2D eigenvalue weighted by molar-refractivity contribution is 5.92. The molecule has 0 aliphatic rings. The summed E-state index contributed by atoms with van der Waals surface area (Å²) in [6, 6.07) is 12.3. The fourth-order valence-electron chi connectivity index (χ4n) is 3.43. The van der Waals surface area contributed by atoms with E-state index in [1.165, 1.54) is 24.1 Å². The second kappa shape index (κ2) is 7.43. The van der Waals surface area contributed by atoms with Crippen molar-refractivity contribution in [3.05, 3.63) is 76.7 Å². The molecule has 0 bridgehead atoms. The highest BCUT2D eigenvalue weighted by Crippen LogP contribution is 2.29. The van der Waals surface area contributed by atoms with E-state index in [1.54, 1.807) is 23.8 Å². The van der Waals surface area contributed by atoms with E-state index >= 15 is 0 Å². The first-order chi connectivity index (χ1) is 14.0. The van der Waals surface area contributed by atoms with Crippen LogP contribution in [-0.4, -0.2) is 28.3 Å². The maximum Gasteiger partial charge on any atom is 0.278 e. The number of benzene rings is 2. The minimum atomic E-state index is -0.466. The molecule has 6 nitrogen and oxygen atoms in total. The number of fused-ring (bicyclic) bond motifs is 1. The second-order valence-corrected chi connectivity index (χ2v) is 6.73. The zero-order valence-electron chi connectivity index (χ0n) is 16.3. The van der Waals surface area contributed by atoms with E-state index in [2.05, 4.69) is 4.98 Å². The lowest BCUT2D eigenvalue weighted by Gasteiger charge is -2.08. The van der Waals surface area contributed by atoms with E-state index < -0.39 is 5.82 Å². The highest BCUT2D eigenvalue weighted by atomic mass is 19.1. The molecule has 0 saturated carbocycles. The quantitative estimate of drug-likeness (QED) is 0.520. The molecule has 0 spiro atoms. The Morgan fingerprint density at radius 3 is 2.66 bits per heavy atom. The van der Waals surface area contributed by atoms with Crippen LogP contribution in [0.4, 0.5) is 4.39 Å². The van der Waals surface area contributed by atoms with E-state index in [0.29, 0.717) is 16.6 Å². The lowest BCUT2D eigenvalue weighted by Crippen LogP contribution is -2.22. The third-order valence-corrected chi connectivity index (χ3v) is 4.89. The highest BCUT2D eigenvalue weighted by Gasteiger charge is 2.15. The van der Waals surface area contributed by atoms with Crippen LogP contribution in [-0.2, 0) is 13.6 Å². The van der Waals surface area contributed by atoms with Crippen LogP contribution >= 0.6 is 0 Å². The molecule has 0 aliphatic carbocycles. The summed E-state index contributed by atoms with van der Waals surface area (Å²) in [7, 11) is 4.84. The first-order valence-electron chi connectivity index (χ1n) is 9.03. The predicted octanol–water partition coefficient (Wildman–Crippen LogP) is 3.61. The molecule has 0 radical (unpaired) electrons. The van der Waals surface area contributed by atoms with Gasteiger partial charge in [0.2, 0.25) is 0 Å². The van der Waals surface area contributed by atoms with Gasteiger partial charge in [-0.15, -0.1) is 0 Å². The second-order valence-electron chi connectivity index (χ2n) is 6.73. The SMILES string of the molecule is COc1cccc(-c2cn(C)c3c(=O)n(Cc4ccc(OC)c(F)c4)cnc23)c1. The zero-order valence-corrected chi connectivity index (χ0v) is 16.3. The first-order valence-corrected chi connectivity index (χ1v) is 9.03. The lowest BCUT2D eigenvalue weighted by molar-refractivity contribution is 0.386. The molecule has 4 rings (SSSR count). The Morgan fingerprint density at radius 2 is 1.93 bits per heavy atom. The van der Waals surface area contributed by atoms with E-state index in [0.717, 1.165) is 16.9 Å². The maximum atomic E-state index is 14.0. The van der Waals surface area contributed by atoms with Gasteiger partial charge in [-0.3, -0.25) is 9.36 Å². The minimum absolute atomic E-state index is 0.167. The summed E-state index contributed by atoms with van der Waals surface area (Å²) in [6.45, 7) is 0.211. The average Bonchev–Trinajstić information content (AvgIpc) is 3.07. The van der Waals surface area contributed by atoms with E-state index in [-0.39, 0.29) is 17.9 Å². The number of methoxy groups -OCH3 is 2. The van der Waals surface area contributed by atoms with Crippen molar-refractivity contribution < 1.29 is 13.9 Å². The molecular weight excluding hydrogens is 373 g/mol. The Bertz CT molecular complexity index is 1260. The summed E-state index contributed by atoms with van der Waals surface area (Å²) in [5, 5.41) is 0. The topological polar surface area (TPSA) is 58.3 Å². The molecule has 4 aromatic rings. The number of hydrogen-bond acceptors (Lipinski definition) is 4. The summed E-state index contributed by atoms with van der Waals surface area (Å²) in [6.07, 6.45) is 3.38. The van der Waals surface area contributed by atoms with E-state index in [4.69, 9.17) is 9.47 Å². The molecule has 2 aromatic carbocycles. The molecular formula is C22H20FN3O3. The third kappa shape index (κ3) is 3.35. The van der Waals surface area contributed by atoms with Gasteiger partial charge in [0.05, 0.1) is 27.1 Å². The summed E-state index contributed by atoms with van der Waals surface area (Å²) in [4.78, 5) is 17.6. The minimum Gasteiger partial charge on any atom is -0.497 e. The van der Waals surface area contributed by atoms with Crippen LogP contribution in [0.3, 0.4) is 0 Å². The van der Waals surface area contributed by atoms with Crippen LogP contribution in [0.5, 0.6) is 11.5 Å². The zero-order chi connectivity index (χ0) is 20.5.